The van der Waals surface area contributed by atoms with Gasteiger partial charge in [-0.3, -0.25) is 4.79 Å². The molecule has 0 amide bonds. The van der Waals surface area contributed by atoms with Gasteiger partial charge in [0.05, 0.1) is 0 Å². The molecule has 0 radical (unpaired) electrons. The van der Waals surface area contributed by atoms with Gasteiger partial charge in [0.2, 0.25) is 17.4 Å². The van der Waals surface area contributed by atoms with E-state index < -0.39 is 46.1 Å². The van der Waals surface area contributed by atoms with Crippen LogP contribution in [0.25, 0.3) is 0 Å². The molecule has 0 bridgehead atoms. The fourth-order valence-electron chi connectivity index (χ4n) is 2.19. The van der Waals surface area contributed by atoms with Crippen molar-refractivity contribution in [2.24, 2.45) is 5.73 Å². The predicted octanol–water partition coefficient (Wildman–Crippen LogP) is 2.83. The van der Waals surface area contributed by atoms with E-state index in [1.165, 1.54) is 18.2 Å². The van der Waals surface area contributed by atoms with Crippen molar-refractivity contribution in [1.82, 2.24) is 0 Å². The molecular formula is C18H17ClFNO5S. The lowest BCUT2D eigenvalue weighted by Crippen LogP contribution is -2.22. The number of hydrogen-bond donors (Lipinski definition) is 1. The van der Waals surface area contributed by atoms with Gasteiger partial charge in [-0.15, -0.1) is 0 Å². The Kier molecular flexibility index (Phi) is 6.81. The highest BCUT2D eigenvalue weighted by molar-refractivity contribution is 7.86. The minimum Gasteiger partial charge on any atom is -0.460 e. The number of benzene rings is 1. The molecule has 0 aliphatic carbocycles. The molecule has 2 rings (SSSR count). The summed E-state index contributed by atoms with van der Waals surface area (Å²) in [6.07, 6.45) is 2.45. The average molecular weight is 414 g/mol. The van der Waals surface area contributed by atoms with Crippen LogP contribution < -0.4 is 5.73 Å². The Labute approximate surface area is 161 Å². The maximum Gasteiger partial charge on any atom is 0.313 e. The maximum atomic E-state index is 12.4. The molecule has 6 nitrogen and oxygen atoms in total. The van der Waals surface area contributed by atoms with Crippen LogP contribution in [0, 0.1) is 0 Å². The van der Waals surface area contributed by atoms with Gasteiger partial charge in [-0.1, -0.05) is 54.6 Å². The first-order chi connectivity index (χ1) is 12.7. The Morgan fingerprint density at radius 1 is 1.37 bits per heavy atom. The van der Waals surface area contributed by atoms with E-state index in [2.05, 4.69) is 6.58 Å². The molecule has 1 atom stereocenters. The largest absolute Gasteiger partial charge is 0.460 e. The number of Topliss-reactive ketones (excluding diaryl/α,β-unsaturated/α-hetero) is 1. The third-order valence-electron chi connectivity index (χ3n) is 3.35. The molecule has 144 valence electrons. The fraction of sp³-hybridized carbons (Fsp3) is 0.167. The van der Waals surface area contributed by atoms with E-state index in [0.29, 0.717) is 5.56 Å². The first kappa shape index (κ1) is 20.7. The minimum absolute atomic E-state index is 0.107. The summed E-state index contributed by atoms with van der Waals surface area (Å²) < 4.78 is 46.5. The van der Waals surface area contributed by atoms with E-state index in [-0.39, 0.29) is 10.6 Å². The summed E-state index contributed by atoms with van der Waals surface area (Å²) in [5.74, 6) is -2.32. The zero-order valence-electron chi connectivity index (χ0n) is 14.1. The van der Waals surface area contributed by atoms with Gasteiger partial charge in [0.25, 0.3) is 0 Å². The molecule has 1 aliphatic rings. The predicted molar refractivity (Wildman–Crippen MR) is 99.4 cm³/mol. The highest BCUT2D eigenvalue weighted by Crippen LogP contribution is 2.27. The number of alkyl halides is 1. The van der Waals surface area contributed by atoms with Crippen molar-refractivity contribution in [3.63, 3.8) is 0 Å². The van der Waals surface area contributed by atoms with Crippen molar-refractivity contribution in [1.29, 1.82) is 0 Å². The van der Waals surface area contributed by atoms with Crippen LogP contribution in [-0.2, 0) is 29.6 Å². The standard InChI is InChI=1S/C18H17ClFNO5S/c1-12(10-14(19)8-5-9-20)16-15(22)17(18(21)25-16)26-27(23,24)11-13-6-3-2-4-7-13/h2-8,10,16H,1,9,11,21H2/b8-5-,14-10+. The van der Waals surface area contributed by atoms with Crippen LogP contribution in [-0.4, -0.2) is 27.0 Å². The summed E-state index contributed by atoms with van der Waals surface area (Å²) in [6.45, 7) is 2.94. The second-order valence-electron chi connectivity index (χ2n) is 5.49. The van der Waals surface area contributed by atoms with E-state index in [9.17, 15) is 17.6 Å². The number of carbonyl (C=O) groups excluding carboxylic acids is 1. The van der Waals surface area contributed by atoms with E-state index in [1.807, 2.05) is 0 Å². The summed E-state index contributed by atoms with van der Waals surface area (Å²) in [5, 5.41) is 0.110. The van der Waals surface area contributed by atoms with Crippen LogP contribution in [0.4, 0.5) is 4.39 Å². The number of ketones is 1. The lowest BCUT2D eigenvalue weighted by molar-refractivity contribution is -0.121. The van der Waals surface area contributed by atoms with Crippen LogP contribution in [0.5, 0.6) is 0 Å². The topological polar surface area (TPSA) is 95.7 Å². The number of nitrogens with two attached hydrogens (primary N) is 1. The van der Waals surface area contributed by atoms with E-state index >= 15 is 0 Å². The number of allylic oxidation sites excluding steroid dienone is 3. The third-order valence-corrected chi connectivity index (χ3v) is 4.70. The molecule has 1 heterocycles. The number of halogens is 2. The monoisotopic (exact) mass is 413 g/mol. The van der Waals surface area contributed by atoms with Crippen LogP contribution in [0.15, 0.2) is 77.4 Å². The van der Waals surface area contributed by atoms with E-state index in [4.69, 9.17) is 26.3 Å². The molecule has 0 spiro atoms. The van der Waals surface area contributed by atoms with E-state index in [1.54, 1.807) is 30.3 Å². The normalized spacial score (nSPS) is 18.1. The molecule has 0 fully saturated rings. The Morgan fingerprint density at radius 3 is 2.67 bits per heavy atom. The third kappa shape index (κ3) is 5.70. The number of hydrogen-bond acceptors (Lipinski definition) is 6. The van der Waals surface area contributed by atoms with Crippen molar-refractivity contribution >= 4 is 27.5 Å². The molecule has 0 aromatic heterocycles. The van der Waals surface area contributed by atoms with Gasteiger partial charge < -0.3 is 14.7 Å². The van der Waals surface area contributed by atoms with Crippen molar-refractivity contribution in [3.05, 3.63) is 82.9 Å². The van der Waals surface area contributed by atoms with Crippen LogP contribution >= 0.6 is 11.6 Å². The zero-order valence-corrected chi connectivity index (χ0v) is 15.7. The first-order valence-electron chi connectivity index (χ1n) is 7.68. The van der Waals surface area contributed by atoms with Crippen LogP contribution in [0.3, 0.4) is 0 Å². The molecular weight excluding hydrogens is 397 g/mol. The maximum absolute atomic E-state index is 12.4. The Hall–Kier alpha value is -2.58. The van der Waals surface area contributed by atoms with Crippen LogP contribution in [0.1, 0.15) is 5.56 Å². The SMILES string of the molecule is C=C(/C=C(Cl)\C=C/CF)C1OC(N)=C(OS(=O)(=O)Cc2ccccc2)C1=O. The van der Waals surface area contributed by atoms with Gasteiger partial charge >= 0.3 is 10.1 Å². The Balaban J connectivity index is 2.11. The Morgan fingerprint density at radius 2 is 2.04 bits per heavy atom. The molecule has 1 unspecified atom stereocenters. The average Bonchev–Trinajstić information content (AvgIpc) is 2.88. The van der Waals surface area contributed by atoms with Crippen molar-refractivity contribution < 1.29 is 26.5 Å². The first-order valence-corrected chi connectivity index (χ1v) is 9.64. The highest BCUT2D eigenvalue weighted by Gasteiger charge is 2.39. The summed E-state index contributed by atoms with van der Waals surface area (Å²) in [7, 11) is -4.13. The quantitative estimate of drug-likeness (QED) is 0.520. The lowest BCUT2D eigenvalue weighted by Gasteiger charge is -2.10. The fourth-order valence-corrected chi connectivity index (χ4v) is 3.50. The molecule has 2 N–H and O–H groups in total. The molecule has 1 aliphatic heterocycles. The zero-order chi connectivity index (χ0) is 20.0. The summed E-state index contributed by atoms with van der Waals surface area (Å²) in [4.78, 5) is 12.4. The minimum atomic E-state index is -4.13. The molecule has 1 aromatic carbocycles. The number of ether oxygens (including phenoxy) is 1. The van der Waals surface area contributed by atoms with Crippen molar-refractivity contribution in [2.75, 3.05) is 6.67 Å². The summed E-state index contributed by atoms with van der Waals surface area (Å²) >= 11 is 5.86. The molecule has 9 heteroatoms. The highest BCUT2D eigenvalue weighted by atomic mass is 35.5. The van der Waals surface area contributed by atoms with Gasteiger partial charge in [0.1, 0.15) is 12.4 Å². The van der Waals surface area contributed by atoms with Gasteiger partial charge in [-0.2, -0.15) is 8.42 Å². The smallest absolute Gasteiger partial charge is 0.313 e. The van der Waals surface area contributed by atoms with Gasteiger partial charge in [0.15, 0.2) is 6.10 Å². The number of carbonyl (C=O) groups is 1. The summed E-state index contributed by atoms with van der Waals surface area (Å²) in [6, 6.07) is 8.30. The summed E-state index contributed by atoms with van der Waals surface area (Å²) in [5.41, 5.74) is 6.19. The van der Waals surface area contributed by atoms with E-state index in [0.717, 1.165) is 0 Å². The van der Waals surface area contributed by atoms with Gasteiger partial charge in [0, 0.05) is 5.03 Å². The van der Waals surface area contributed by atoms with Crippen LogP contribution in [0.2, 0.25) is 0 Å². The molecule has 0 saturated heterocycles. The second kappa shape index (κ2) is 8.88. The van der Waals surface area contributed by atoms with Gasteiger partial charge in [-0.25, -0.2) is 4.39 Å². The lowest BCUT2D eigenvalue weighted by atomic mass is 10.1. The number of rotatable bonds is 8. The molecule has 0 saturated carbocycles. The van der Waals surface area contributed by atoms with Crippen molar-refractivity contribution in [2.45, 2.75) is 11.9 Å². The molecule has 1 aromatic rings. The molecule has 27 heavy (non-hydrogen) atoms. The second-order valence-corrected chi connectivity index (χ2v) is 7.49. The van der Waals surface area contributed by atoms with Crippen molar-refractivity contribution in [3.8, 4) is 0 Å². The Bertz CT molecular complexity index is 922. The van der Waals surface area contributed by atoms with Gasteiger partial charge in [-0.05, 0) is 23.3 Å².